The summed E-state index contributed by atoms with van der Waals surface area (Å²) in [5, 5.41) is 11.8. The molecule has 2 aromatic carbocycles. The van der Waals surface area contributed by atoms with Gasteiger partial charge in [-0.25, -0.2) is 0 Å². The fraction of sp³-hybridized carbons (Fsp3) is 0.167. The number of carbonyl (C=O) groups is 2. The number of hydrogen-bond acceptors (Lipinski definition) is 4. The summed E-state index contributed by atoms with van der Waals surface area (Å²) in [6, 6.07) is 11.7. The van der Waals surface area contributed by atoms with Gasteiger partial charge >= 0.3 is 0 Å². The Morgan fingerprint density at radius 1 is 1.33 bits per heavy atom. The van der Waals surface area contributed by atoms with Crippen molar-refractivity contribution in [3.63, 3.8) is 0 Å². The first-order valence-electron chi connectivity index (χ1n) is 7.30. The SMILES string of the molecule is C[C@@H]1C(=O)Nc2ccc(C(=O)COc3ccc(C#N)cc3Cl)cc21. The number of carbonyl (C=O) groups excluding carboxylic acids is 2. The van der Waals surface area contributed by atoms with Crippen LogP contribution in [0.5, 0.6) is 5.75 Å². The van der Waals surface area contributed by atoms with Crippen molar-refractivity contribution in [2.24, 2.45) is 0 Å². The minimum absolute atomic E-state index is 0.0739. The first-order chi connectivity index (χ1) is 11.5. The van der Waals surface area contributed by atoms with E-state index in [0.29, 0.717) is 16.9 Å². The highest BCUT2D eigenvalue weighted by atomic mass is 35.5. The summed E-state index contributed by atoms with van der Waals surface area (Å²) in [5.74, 6) is -0.225. The number of ether oxygens (including phenoxy) is 1. The molecule has 1 aliphatic heterocycles. The van der Waals surface area contributed by atoms with E-state index < -0.39 is 0 Å². The smallest absolute Gasteiger partial charge is 0.231 e. The lowest BCUT2D eigenvalue weighted by Gasteiger charge is -2.09. The van der Waals surface area contributed by atoms with Crippen LogP contribution in [0, 0.1) is 11.3 Å². The zero-order valence-electron chi connectivity index (χ0n) is 12.8. The number of hydrogen-bond donors (Lipinski definition) is 1. The highest BCUT2D eigenvalue weighted by Gasteiger charge is 2.27. The van der Waals surface area contributed by atoms with Crippen LogP contribution in [-0.4, -0.2) is 18.3 Å². The average molecular weight is 341 g/mol. The van der Waals surface area contributed by atoms with Crippen molar-refractivity contribution in [2.45, 2.75) is 12.8 Å². The van der Waals surface area contributed by atoms with E-state index in [4.69, 9.17) is 21.6 Å². The van der Waals surface area contributed by atoms with Crippen LogP contribution in [0.1, 0.15) is 34.3 Å². The van der Waals surface area contributed by atoms with Crippen LogP contribution in [0.2, 0.25) is 5.02 Å². The maximum Gasteiger partial charge on any atom is 0.231 e. The van der Waals surface area contributed by atoms with Gasteiger partial charge in [0.25, 0.3) is 0 Å². The van der Waals surface area contributed by atoms with Gasteiger partial charge in [-0.3, -0.25) is 9.59 Å². The van der Waals surface area contributed by atoms with E-state index in [1.807, 2.05) is 6.07 Å². The van der Waals surface area contributed by atoms with Crippen molar-refractivity contribution in [2.75, 3.05) is 11.9 Å². The Hall–Kier alpha value is -2.84. The minimum Gasteiger partial charge on any atom is -0.484 e. The number of halogens is 1. The maximum absolute atomic E-state index is 12.3. The van der Waals surface area contributed by atoms with Gasteiger partial charge in [-0.2, -0.15) is 5.26 Å². The van der Waals surface area contributed by atoms with Crippen LogP contribution in [0.25, 0.3) is 0 Å². The fourth-order valence-electron chi connectivity index (χ4n) is 2.50. The first kappa shape index (κ1) is 16.0. The van der Waals surface area contributed by atoms with Crippen molar-refractivity contribution < 1.29 is 14.3 Å². The third kappa shape index (κ3) is 2.97. The zero-order valence-corrected chi connectivity index (χ0v) is 13.6. The quantitative estimate of drug-likeness (QED) is 0.863. The molecule has 0 fully saturated rings. The number of nitrogens with zero attached hydrogens (tertiary/aromatic N) is 1. The van der Waals surface area contributed by atoms with Crippen LogP contribution in [-0.2, 0) is 4.79 Å². The molecule has 0 saturated carbocycles. The molecule has 3 rings (SSSR count). The number of nitrogens with one attached hydrogen (secondary N) is 1. The molecule has 0 aliphatic carbocycles. The minimum atomic E-state index is -0.276. The van der Waals surface area contributed by atoms with Crippen molar-refractivity contribution in [1.29, 1.82) is 5.26 Å². The first-order valence-corrected chi connectivity index (χ1v) is 7.68. The Kier molecular flexibility index (Phi) is 4.24. The molecule has 0 aromatic heterocycles. The van der Waals surface area contributed by atoms with Crippen molar-refractivity contribution in [3.8, 4) is 11.8 Å². The molecule has 5 nitrogen and oxygen atoms in total. The molecule has 1 atom stereocenters. The molecular weight excluding hydrogens is 328 g/mol. The molecule has 6 heteroatoms. The van der Waals surface area contributed by atoms with Crippen LogP contribution in [0.3, 0.4) is 0 Å². The van der Waals surface area contributed by atoms with Gasteiger partial charge in [0, 0.05) is 11.3 Å². The Morgan fingerprint density at radius 3 is 2.83 bits per heavy atom. The predicted octanol–water partition coefficient (Wildman–Crippen LogP) is 3.53. The fourth-order valence-corrected chi connectivity index (χ4v) is 2.74. The van der Waals surface area contributed by atoms with E-state index in [-0.39, 0.29) is 29.2 Å². The van der Waals surface area contributed by atoms with E-state index >= 15 is 0 Å². The second-order valence-corrected chi connectivity index (χ2v) is 5.89. The van der Waals surface area contributed by atoms with Crippen molar-refractivity contribution in [1.82, 2.24) is 0 Å². The van der Waals surface area contributed by atoms with Crippen LogP contribution < -0.4 is 10.1 Å². The zero-order chi connectivity index (χ0) is 17.3. The molecule has 0 bridgehead atoms. The van der Waals surface area contributed by atoms with Crippen LogP contribution in [0.4, 0.5) is 5.69 Å². The number of ketones is 1. The average Bonchev–Trinajstić information content (AvgIpc) is 2.87. The molecule has 1 aliphatic rings. The van der Waals surface area contributed by atoms with E-state index in [9.17, 15) is 9.59 Å². The highest BCUT2D eigenvalue weighted by molar-refractivity contribution is 6.32. The lowest BCUT2D eigenvalue weighted by atomic mass is 9.99. The van der Waals surface area contributed by atoms with E-state index in [1.165, 1.54) is 6.07 Å². The predicted molar refractivity (Wildman–Crippen MR) is 89.5 cm³/mol. The molecule has 1 amide bonds. The normalized spacial score (nSPS) is 15.4. The molecule has 1 heterocycles. The number of fused-ring (bicyclic) bond motifs is 1. The van der Waals surface area contributed by atoms with E-state index in [0.717, 1.165) is 11.3 Å². The summed E-state index contributed by atoms with van der Waals surface area (Å²) < 4.78 is 5.45. The molecule has 0 unspecified atom stereocenters. The number of nitriles is 1. The number of benzene rings is 2. The van der Waals surface area contributed by atoms with Gasteiger partial charge in [0.15, 0.2) is 12.4 Å². The summed E-state index contributed by atoms with van der Waals surface area (Å²) in [4.78, 5) is 24.0. The van der Waals surface area contributed by atoms with Crippen LogP contribution >= 0.6 is 11.6 Å². The Morgan fingerprint density at radius 2 is 2.12 bits per heavy atom. The summed E-state index contributed by atoms with van der Waals surface area (Å²) in [6.45, 7) is 1.61. The highest BCUT2D eigenvalue weighted by Crippen LogP contribution is 2.33. The maximum atomic E-state index is 12.3. The van der Waals surface area contributed by atoms with Gasteiger partial charge in [-0.1, -0.05) is 11.6 Å². The van der Waals surface area contributed by atoms with Gasteiger partial charge in [0.05, 0.1) is 22.6 Å². The molecule has 120 valence electrons. The summed E-state index contributed by atoms with van der Waals surface area (Å²) >= 11 is 6.02. The van der Waals surface area contributed by atoms with Gasteiger partial charge < -0.3 is 10.1 Å². The number of rotatable bonds is 4. The molecular formula is C18H13ClN2O3. The molecule has 0 spiro atoms. The number of Topliss-reactive ketones (excluding diaryl/α,β-unsaturated/α-hetero) is 1. The summed E-state index contributed by atoms with van der Waals surface area (Å²) in [7, 11) is 0. The van der Waals surface area contributed by atoms with Gasteiger partial charge in [0.2, 0.25) is 5.91 Å². The lowest BCUT2D eigenvalue weighted by molar-refractivity contribution is -0.116. The standard InChI is InChI=1S/C18H13ClN2O3/c1-10-13-7-12(3-4-15(13)21-18(10)23)16(22)9-24-17-5-2-11(8-20)6-14(17)19/h2-7,10H,9H2,1H3,(H,21,23)/t10-/m0/s1. The number of amides is 1. The van der Waals surface area contributed by atoms with Gasteiger partial charge in [-0.05, 0) is 48.9 Å². The van der Waals surface area contributed by atoms with Gasteiger partial charge in [0.1, 0.15) is 5.75 Å². The molecule has 2 aromatic rings. The largest absolute Gasteiger partial charge is 0.484 e. The molecule has 0 radical (unpaired) electrons. The Bertz CT molecular complexity index is 886. The Labute approximate surface area is 143 Å². The monoisotopic (exact) mass is 340 g/mol. The second kappa shape index (κ2) is 6.34. The Balaban J connectivity index is 1.73. The summed E-state index contributed by atoms with van der Waals surface area (Å²) in [5.41, 5.74) is 2.44. The third-order valence-electron chi connectivity index (χ3n) is 3.91. The second-order valence-electron chi connectivity index (χ2n) is 5.48. The molecule has 1 N–H and O–H groups in total. The van der Waals surface area contributed by atoms with Gasteiger partial charge in [-0.15, -0.1) is 0 Å². The lowest BCUT2D eigenvalue weighted by Crippen LogP contribution is -2.12. The van der Waals surface area contributed by atoms with Crippen molar-refractivity contribution in [3.05, 3.63) is 58.1 Å². The summed E-state index contributed by atoms with van der Waals surface area (Å²) in [6.07, 6.45) is 0. The third-order valence-corrected chi connectivity index (χ3v) is 4.21. The molecule has 0 saturated heterocycles. The molecule has 24 heavy (non-hydrogen) atoms. The van der Waals surface area contributed by atoms with Crippen LogP contribution in [0.15, 0.2) is 36.4 Å². The van der Waals surface area contributed by atoms with E-state index in [2.05, 4.69) is 5.32 Å². The topological polar surface area (TPSA) is 79.2 Å². The van der Waals surface area contributed by atoms with E-state index in [1.54, 1.807) is 37.3 Å². The van der Waals surface area contributed by atoms with Crippen molar-refractivity contribution >= 4 is 29.0 Å². The number of anilines is 1.